The zero-order chi connectivity index (χ0) is 18.4. The predicted octanol–water partition coefficient (Wildman–Crippen LogP) is 2.92. The van der Waals surface area contributed by atoms with Gasteiger partial charge in [0.15, 0.2) is 0 Å². The molecular formula is C14H14F3N3O5. The van der Waals surface area contributed by atoms with Crippen LogP contribution in [-0.2, 0) is 17.9 Å². The summed E-state index contributed by atoms with van der Waals surface area (Å²) in [5.74, 6) is -0.649. The molecule has 0 unspecified atom stereocenters. The molecule has 2 rings (SSSR count). The molecule has 0 N–H and O–H groups in total. The number of hydrogen-bond donors (Lipinski definition) is 0. The Kier molecular flexibility index (Phi) is 5.80. The number of imidazole rings is 1. The molecule has 1 aromatic heterocycles. The number of nitro groups is 1. The minimum atomic E-state index is -4.73. The molecule has 0 fully saturated rings. The van der Waals surface area contributed by atoms with Gasteiger partial charge in [-0.3, -0.25) is 4.57 Å². The van der Waals surface area contributed by atoms with Crippen LogP contribution in [-0.4, -0.2) is 34.6 Å². The summed E-state index contributed by atoms with van der Waals surface area (Å²) in [4.78, 5) is 13.7. The van der Waals surface area contributed by atoms with Crippen LogP contribution < -0.4 is 9.47 Å². The summed E-state index contributed by atoms with van der Waals surface area (Å²) in [6.07, 6.45) is -3.50. The largest absolute Gasteiger partial charge is 0.573 e. The van der Waals surface area contributed by atoms with E-state index in [4.69, 9.17) is 9.47 Å². The minimum Gasteiger partial charge on any atom is -0.449 e. The van der Waals surface area contributed by atoms with Gasteiger partial charge in [0.25, 0.3) is 0 Å². The average molecular weight is 361 g/mol. The van der Waals surface area contributed by atoms with Crippen LogP contribution in [0.2, 0.25) is 0 Å². The van der Waals surface area contributed by atoms with Crippen LogP contribution in [0.4, 0.5) is 19.0 Å². The van der Waals surface area contributed by atoms with Crippen LogP contribution in [0.3, 0.4) is 0 Å². The third-order valence-electron chi connectivity index (χ3n) is 3.00. The second-order valence-electron chi connectivity index (χ2n) is 4.78. The minimum absolute atomic E-state index is 0.0870. The number of nitrogens with zero attached hydrogens (tertiary/aromatic N) is 3. The van der Waals surface area contributed by atoms with Crippen molar-refractivity contribution in [2.24, 2.45) is 0 Å². The number of alkyl halides is 3. The van der Waals surface area contributed by atoms with Gasteiger partial charge in [0.05, 0.1) is 26.9 Å². The van der Waals surface area contributed by atoms with Gasteiger partial charge in [-0.1, -0.05) is 12.1 Å². The molecule has 0 atom stereocenters. The number of halogens is 3. The highest BCUT2D eigenvalue weighted by molar-refractivity contribution is 5.27. The van der Waals surface area contributed by atoms with Gasteiger partial charge >= 0.3 is 18.2 Å². The molecule has 11 heteroatoms. The van der Waals surface area contributed by atoms with Gasteiger partial charge in [0.2, 0.25) is 0 Å². The zero-order valence-corrected chi connectivity index (χ0v) is 13.0. The van der Waals surface area contributed by atoms with E-state index < -0.39 is 11.3 Å². The Morgan fingerprint density at radius 2 is 1.96 bits per heavy atom. The van der Waals surface area contributed by atoms with Gasteiger partial charge in [-0.2, -0.15) is 0 Å². The second kappa shape index (κ2) is 7.83. The number of hydrogen-bond acceptors (Lipinski definition) is 6. The van der Waals surface area contributed by atoms with Crippen LogP contribution in [0, 0.1) is 10.1 Å². The van der Waals surface area contributed by atoms with E-state index in [9.17, 15) is 23.3 Å². The average Bonchev–Trinajstić information content (AvgIpc) is 2.95. The van der Waals surface area contributed by atoms with Gasteiger partial charge in [0.1, 0.15) is 11.9 Å². The maximum Gasteiger partial charge on any atom is 0.573 e. The topological polar surface area (TPSA) is 88.7 Å². The number of methoxy groups -OCH3 is 1. The lowest BCUT2D eigenvalue weighted by molar-refractivity contribution is -0.389. The highest BCUT2D eigenvalue weighted by atomic mass is 19.4. The number of aromatic nitrogens is 2. The monoisotopic (exact) mass is 361 g/mol. The Balaban J connectivity index is 1.82. The highest BCUT2D eigenvalue weighted by Gasteiger charge is 2.30. The lowest BCUT2D eigenvalue weighted by Crippen LogP contribution is -2.17. The summed E-state index contributed by atoms with van der Waals surface area (Å²) in [5.41, 5.74) is 0.651. The summed E-state index contributed by atoms with van der Waals surface area (Å²) in [6.45, 7) is 0.620. The molecule has 1 aromatic carbocycles. The molecule has 8 nitrogen and oxygen atoms in total. The van der Waals surface area contributed by atoms with E-state index in [1.54, 1.807) is 0 Å². The summed E-state index contributed by atoms with van der Waals surface area (Å²) < 4.78 is 51.7. The molecule has 0 bridgehead atoms. The quantitative estimate of drug-likeness (QED) is 0.408. The van der Waals surface area contributed by atoms with Gasteiger partial charge < -0.3 is 24.3 Å². The smallest absolute Gasteiger partial charge is 0.449 e. The SMILES string of the molecule is COc1nc([N+](=O)[O-])cn1CCOCc1ccc(OC(F)(F)F)cc1. The molecule has 0 saturated carbocycles. The summed E-state index contributed by atoms with van der Waals surface area (Å²) in [5, 5.41) is 10.7. The normalized spacial score (nSPS) is 11.4. The van der Waals surface area contributed by atoms with Crippen LogP contribution in [0.5, 0.6) is 11.8 Å². The van der Waals surface area contributed by atoms with E-state index in [-0.39, 0.29) is 37.3 Å². The molecule has 0 aliphatic carbocycles. The third-order valence-corrected chi connectivity index (χ3v) is 3.00. The molecule has 25 heavy (non-hydrogen) atoms. The van der Waals surface area contributed by atoms with Crippen molar-refractivity contribution in [1.29, 1.82) is 0 Å². The lowest BCUT2D eigenvalue weighted by Gasteiger charge is -2.09. The van der Waals surface area contributed by atoms with Crippen LogP contribution >= 0.6 is 0 Å². The van der Waals surface area contributed by atoms with E-state index in [0.29, 0.717) is 5.56 Å². The first kappa shape index (κ1) is 18.5. The molecule has 0 amide bonds. The third kappa shape index (κ3) is 5.64. The predicted molar refractivity (Wildman–Crippen MR) is 78.2 cm³/mol. The first-order chi connectivity index (χ1) is 11.8. The van der Waals surface area contributed by atoms with Crippen molar-refractivity contribution < 1.29 is 32.3 Å². The maximum atomic E-state index is 12.1. The Morgan fingerprint density at radius 3 is 2.52 bits per heavy atom. The van der Waals surface area contributed by atoms with Crippen molar-refractivity contribution in [3.63, 3.8) is 0 Å². The van der Waals surface area contributed by atoms with Gasteiger partial charge in [-0.05, 0) is 22.6 Å². The Hall–Kier alpha value is -2.82. The van der Waals surface area contributed by atoms with Crippen LogP contribution in [0.1, 0.15) is 5.56 Å². The molecule has 0 aliphatic rings. The fourth-order valence-corrected chi connectivity index (χ4v) is 1.94. The van der Waals surface area contributed by atoms with Gasteiger partial charge in [-0.25, -0.2) is 0 Å². The molecule has 0 aliphatic heterocycles. The first-order valence-corrected chi connectivity index (χ1v) is 6.96. The van der Waals surface area contributed by atoms with Crippen molar-refractivity contribution >= 4 is 5.82 Å². The molecular weight excluding hydrogens is 347 g/mol. The fourth-order valence-electron chi connectivity index (χ4n) is 1.94. The Morgan fingerprint density at radius 1 is 1.28 bits per heavy atom. The van der Waals surface area contributed by atoms with Crippen LogP contribution in [0.15, 0.2) is 30.5 Å². The second-order valence-corrected chi connectivity index (χ2v) is 4.78. The Bertz CT molecular complexity index is 715. The van der Waals surface area contributed by atoms with E-state index in [1.807, 2.05) is 0 Å². The number of benzene rings is 1. The zero-order valence-electron chi connectivity index (χ0n) is 13.0. The lowest BCUT2D eigenvalue weighted by atomic mass is 10.2. The molecule has 0 radical (unpaired) electrons. The molecule has 2 aromatic rings. The highest BCUT2D eigenvalue weighted by Crippen LogP contribution is 2.23. The molecule has 0 saturated heterocycles. The van der Waals surface area contributed by atoms with Gasteiger partial charge in [0, 0.05) is 4.98 Å². The molecule has 0 spiro atoms. The van der Waals surface area contributed by atoms with Crippen molar-refractivity contribution in [2.75, 3.05) is 13.7 Å². The van der Waals surface area contributed by atoms with E-state index in [0.717, 1.165) is 0 Å². The molecule has 136 valence electrons. The number of ether oxygens (including phenoxy) is 3. The Labute approximate surface area is 139 Å². The summed E-state index contributed by atoms with van der Waals surface area (Å²) in [7, 11) is 1.34. The fraction of sp³-hybridized carbons (Fsp3) is 0.357. The standard InChI is InChI=1S/C14H14F3N3O5/c1-23-13-18-12(20(21)22)8-19(13)6-7-24-9-10-2-4-11(5-3-10)25-14(15,16)17/h2-5,8H,6-7,9H2,1H3. The van der Waals surface area contributed by atoms with Crippen molar-refractivity contribution in [3.05, 3.63) is 46.1 Å². The number of rotatable bonds is 8. The van der Waals surface area contributed by atoms with Crippen molar-refractivity contribution in [3.8, 4) is 11.8 Å². The van der Waals surface area contributed by atoms with E-state index in [1.165, 1.54) is 42.1 Å². The molecule has 1 heterocycles. The van der Waals surface area contributed by atoms with Gasteiger partial charge in [-0.15, -0.1) is 13.2 Å². The van der Waals surface area contributed by atoms with E-state index >= 15 is 0 Å². The maximum absolute atomic E-state index is 12.1. The van der Waals surface area contributed by atoms with Crippen molar-refractivity contribution in [1.82, 2.24) is 9.55 Å². The summed E-state index contributed by atoms with van der Waals surface area (Å²) in [6, 6.07) is 5.36. The summed E-state index contributed by atoms with van der Waals surface area (Å²) >= 11 is 0. The van der Waals surface area contributed by atoms with Crippen molar-refractivity contribution in [2.45, 2.75) is 19.5 Å². The first-order valence-electron chi connectivity index (χ1n) is 6.96. The van der Waals surface area contributed by atoms with E-state index in [2.05, 4.69) is 9.72 Å². The van der Waals surface area contributed by atoms with Crippen LogP contribution in [0.25, 0.3) is 0 Å².